The molecule has 1 aromatic heterocycles. The molecule has 28 heavy (non-hydrogen) atoms. The lowest BCUT2D eigenvalue weighted by Crippen LogP contribution is -2.23. The Balaban J connectivity index is 1.92. The summed E-state index contributed by atoms with van der Waals surface area (Å²) < 4.78 is 11.0. The first-order valence-corrected chi connectivity index (χ1v) is 9.82. The molecule has 0 spiro atoms. The minimum Gasteiger partial charge on any atom is -0.462 e. The molecule has 142 valence electrons. The predicted molar refractivity (Wildman–Crippen MR) is 107 cm³/mol. The van der Waals surface area contributed by atoms with E-state index in [4.69, 9.17) is 20.9 Å². The number of anilines is 1. The van der Waals surface area contributed by atoms with E-state index in [9.17, 15) is 10.1 Å². The number of ether oxygens (including phenoxy) is 2. The zero-order chi connectivity index (χ0) is 19.8. The van der Waals surface area contributed by atoms with Crippen molar-refractivity contribution in [1.29, 1.82) is 5.26 Å². The van der Waals surface area contributed by atoms with Crippen molar-refractivity contribution < 1.29 is 14.3 Å². The number of nitrogen functional groups attached to an aromatic ring is 1. The van der Waals surface area contributed by atoms with Crippen LogP contribution in [0.5, 0.6) is 0 Å². The Bertz CT molecular complexity index is 1060. The highest BCUT2D eigenvalue weighted by Crippen LogP contribution is 2.52. The summed E-state index contributed by atoms with van der Waals surface area (Å²) in [5.74, 6) is 0.0930. The van der Waals surface area contributed by atoms with Gasteiger partial charge in [-0.2, -0.15) is 5.26 Å². The van der Waals surface area contributed by atoms with Crippen LogP contribution >= 0.6 is 11.3 Å². The van der Waals surface area contributed by atoms with Gasteiger partial charge >= 0.3 is 5.97 Å². The van der Waals surface area contributed by atoms with Gasteiger partial charge in [-0.1, -0.05) is 30.3 Å². The lowest BCUT2D eigenvalue weighted by molar-refractivity contribution is 0.0526. The largest absolute Gasteiger partial charge is 0.462 e. The molecule has 0 radical (unpaired) electrons. The zero-order valence-corrected chi connectivity index (χ0v) is 16.1. The topological polar surface area (TPSA) is 111 Å². The van der Waals surface area contributed by atoms with Crippen molar-refractivity contribution in [1.82, 2.24) is 0 Å². The summed E-state index contributed by atoms with van der Waals surface area (Å²) in [6.45, 7) is 2.05. The van der Waals surface area contributed by atoms with Crippen LogP contribution in [0.4, 0.5) is 5.00 Å². The molecule has 0 fully saturated rings. The maximum absolute atomic E-state index is 12.5. The number of rotatable bonds is 3. The van der Waals surface area contributed by atoms with Gasteiger partial charge in [0.25, 0.3) is 0 Å². The Morgan fingerprint density at radius 2 is 2.07 bits per heavy atom. The SMILES string of the molecule is CCOC(=O)c1c(N)sc2c1CCC1=C2C(c2ccccc2)C(C#N)=C(N)O1. The molecule has 1 atom stereocenters. The van der Waals surface area contributed by atoms with E-state index in [2.05, 4.69) is 6.07 Å². The number of carbonyl (C=O) groups is 1. The van der Waals surface area contributed by atoms with Crippen LogP contribution in [0.3, 0.4) is 0 Å². The zero-order valence-electron chi connectivity index (χ0n) is 15.3. The summed E-state index contributed by atoms with van der Waals surface area (Å²) in [6, 6.07) is 11.9. The molecule has 1 aliphatic carbocycles. The van der Waals surface area contributed by atoms with Gasteiger partial charge in [0.15, 0.2) is 0 Å². The van der Waals surface area contributed by atoms with Gasteiger partial charge in [0.05, 0.1) is 18.1 Å². The number of carbonyl (C=O) groups excluding carboxylic acids is 1. The lowest BCUT2D eigenvalue weighted by atomic mass is 9.78. The number of nitrogens with two attached hydrogens (primary N) is 2. The molecular formula is C21H19N3O3S. The summed E-state index contributed by atoms with van der Waals surface area (Å²) in [5, 5.41) is 10.2. The second-order valence-corrected chi connectivity index (χ2v) is 7.59. The van der Waals surface area contributed by atoms with Crippen LogP contribution in [0.15, 0.2) is 47.5 Å². The molecule has 1 aliphatic heterocycles. The van der Waals surface area contributed by atoms with Gasteiger partial charge in [-0.3, -0.25) is 0 Å². The van der Waals surface area contributed by atoms with Crippen LogP contribution in [-0.4, -0.2) is 12.6 Å². The Kier molecular flexibility index (Phi) is 4.57. The Labute approximate surface area is 166 Å². The second-order valence-electron chi connectivity index (χ2n) is 6.54. The molecular weight excluding hydrogens is 374 g/mol. The molecule has 2 heterocycles. The first-order chi connectivity index (χ1) is 13.6. The number of thiophene rings is 1. The van der Waals surface area contributed by atoms with E-state index in [0.717, 1.165) is 27.3 Å². The number of allylic oxidation sites excluding steroid dienone is 3. The van der Waals surface area contributed by atoms with Crippen molar-refractivity contribution in [2.45, 2.75) is 25.7 Å². The number of hydrogen-bond acceptors (Lipinski definition) is 7. The molecule has 0 saturated carbocycles. The van der Waals surface area contributed by atoms with E-state index < -0.39 is 5.97 Å². The fourth-order valence-electron chi connectivity index (χ4n) is 3.84. The van der Waals surface area contributed by atoms with E-state index in [-0.39, 0.29) is 18.4 Å². The summed E-state index contributed by atoms with van der Waals surface area (Å²) in [7, 11) is 0. The number of esters is 1. The highest BCUT2D eigenvalue weighted by Gasteiger charge is 2.39. The third-order valence-corrected chi connectivity index (χ3v) is 6.08. The van der Waals surface area contributed by atoms with Gasteiger partial charge in [0.2, 0.25) is 5.88 Å². The fourth-order valence-corrected chi connectivity index (χ4v) is 5.04. The minimum absolute atomic E-state index is 0.133. The van der Waals surface area contributed by atoms with Gasteiger partial charge in [-0.25, -0.2) is 4.79 Å². The van der Waals surface area contributed by atoms with Gasteiger partial charge in [0.1, 0.15) is 22.4 Å². The first kappa shape index (κ1) is 18.1. The van der Waals surface area contributed by atoms with Crippen LogP contribution in [0.2, 0.25) is 0 Å². The first-order valence-electron chi connectivity index (χ1n) is 9.01. The highest BCUT2D eigenvalue weighted by atomic mass is 32.1. The molecule has 7 heteroatoms. The number of nitrogens with zero attached hydrogens (tertiary/aromatic N) is 1. The van der Waals surface area contributed by atoms with Crippen molar-refractivity contribution >= 4 is 27.9 Å². The monoisotopic (exact) mass is 393 g/mol. The number of fused-ring (bicyclic) bond motifs is 2. The average molecular weight is 393 g/mol. The van der Waals surface area contributed by atoms with Gasteiger partial charge in [-0.05, 0) is 24.5 Å². The molecule has 4 rings (SSSR count). The number of hydrogen-bond donors (Lipinski definition) is 2. The van der Waals surface area contributed by atoms with Crippen LogP contribution in [0.25, 0.3) is 5.57 Å². The molecule has 0 saturated heterocycles. The molecule has 1 unspecified atom stereocenters. The maximum atomic E-state index is 12.5. The smallest absolute Gasteiger partial charge is 0.341 e. The minimum atomic E-state index is -0.412. The summed E-state index contributed by atoms with van der Waals surface area (Å²) >= 11 is 1.34. The molecule has 0 amide bonds. The second kappa shape index (κ2) is 7.06. The Morgan fingerprint density at radius 3 is 2.75 bits per heavy atom. The third-order valence-electron chi connectivity index (χ3n) is 4.99. The summed E-state index contributed by atoms with van der Waals surface area (Å²) in [4.78, 5) is 13.3. The summed E-state index contributed by atoms with van der Waals surface area (Å²) in [5.41, 5.74) is 15.7. The van der Waals surface area contributed by atoms with E-state index in [0.29, 0.717) is 29.0 Å². The van der Waals surface area contributed by atoms with Crippen molar-refractivity contribution in [3.05, 3.63) is 69.1 Å². The quantitative estimate of drug-likeness (QED) is 0.770. The molecule has 0 bridgehead atoms. The van der Waals surface area contributed by atoms with Crippen molar-refractivity contribution in [2.75, 3.05) is 12.3 Å². The van der Waals surface area contributed by atoms with Crippen LogP contribution in [-0.2, 0) is 15.9 Å². The molecule has 2 aliphatic rings. The molecule has 1 aromatic carbocycles. The van der Waals surface area contributed by atoms with Crippen molar-refractivity contribution in [3.8, 4) is 6.07 Å². The van der Waals surface area contributed by atoms with Gasteiger partial charge in [-0.15, -0.1) is 11.3 Å². The third kappa shape index (κ3) is 2.74. The van der Waals surface area contributed by atoms with Crippen LogP contribution in [0.1, 0.15) is 45.6 Å². The van der Waals surface area contributed by atoms with Gasteiger partial charge in [0, 0.05) is 16.9 Å². The van der Waals surface area contributed by atoms with Crippen molar-refractivity contribution in [2.24, 2.45) is 5.73 Å². The average Bonchev–Trinajstić information content (AvgIpc) is 3.03. The van der Waals surface area contributed by atoms with E-state index in [1.165, 1.54) is 11.3 Å². The van der Waals surface area contributed by atoms with Crippen LogP contribution in [0, 0.1) is 11.3 Å². The maximum Gasteiger partial charge on any atom is 0.341 e. The Hall–Kier alpha value is -3.24. The van der Waals surface area contributed by atoms with E-state index >= 15 is 0 Å². The highest BCUT2D eigenvalue weighted by molar-refractivity contribution is 7.17. The summed E-state index contributed by atoms with van der Waals surface area (Å²) in [6.07, 6.45) is 1.18. The van der Waals surface area contributed by atoms with E-state index in [1.807, 2.05) is 30.3 Å². The Morgan fingerprint density at radius 1 is 1.32 bits per heavy atom. The molecule has 4 N–H and O–H groups in total. The predicted octanol–water partition coefficient (Wildman–Crippen LogP) is 3.67. The molecule has 2 aromatic rings. The van der Waals surface area contributed by atoms with Crippen molar-refractivity contribution in [3.63, 3.8) is 0 Å². The van der Waals surface area contributed by atoms with Gasteiger partial charge < -0.3 is 20.9 Å². The van der Waals surface area contributed by atoms with E-state index in [1.54, 1.807) is 6.92 Å². The number of nitriles is 1. The number of benzene rings is 1. The standard InChI is InChI=1S/C21H19N3O3S/c1-2-26-21(25)16-12-8-9-14-17(18(12)28-20(16)24)15(11-6-4-3-5-7-11)13(10-22)19(23)27-14/h3-7,15H,2,8-9,23-24H2,1H3. The molecule has 6 nitrogen and oxygen atoms in total. The van der Waals surface area contributed by atoms with Crippen LogP contribution < -0.4 is 11.5 Å². The lowest BCUT2D eigenvalue weighted by Gasteiger charge is -2.32. The normalized spacial score (nSPS) is 18.1. The fraction of sp³-hybridized carbons (Fsp3) is 0.238.